The molecule has 0 aliphatic heterocycles. The monoisotopic (exact) mass is 301 g/mol. The van der Waals surface area contributed by atoms with Crippen LogP contribution >= 0.6 is 24.0 Å². The molecular formula is C13H23N3OS2. The van der Waals surface area contributed by atoms with Crippen LogP contribution in [0.15, 0.2) is 16.5 Å². The molecule has 1 aromatic heterocycles. The predicted octanol–water partition coefficient (Wildman–Crippen LogP) is 2.06. The minimum absolute atomic E-state index is 0.731. The van der Waals surface area contributed by atoms with Gasteiger partial charge >= 0.3 is 0 Å². The summed E-state index contributed by atoms with van der Waals surface area (Å²) in [6.45, 7) is 4.62. The van der Waals surface area contributed by atoms with Gasteiger partial charge in [-0.25, -0.2) is 0 Å². The van der Waals surface area contributed by atoms with Crippen LogP contribution in [-0.2, 0) is 12.3 Å². The van der Waals surface area contributed by atoms with E-state index >= 15 is 0 Å². The van der Waals surface area contributed by atoms with Crippen molar-refractivity contribution in [3.8, 4) is 0 Å². The zero-order chi connectivity index (χ0) is 14.1. The standard InChI is InChI=1S/C13H23N3OS2/c1-4-14-13(18)15-7-8-19-10-12-6-5-11(17-12)9-16(2)3/h5-6H,4,7-10H2,1-3H3,(H2,14,15,18). The molecular weight excluding hydrogens is 278 g/mol. The van der Waals surface area contributed by atoms with Crippen LogP contribution in [0.4, 0.5) is 0 Å². The predicted molar refractivity (Wildman–Crippen MR) is 86.5 cm³/mol. The van der Waals surface area contributed by atoms with Crippen molar-refractivity contribution in [1.82, 2.24) is 15.5 Å². The Morgan fingerprint density at radius 3 is 2.74 bits per heavy atom. The van der Waals surface area contributed by atoms with Gasteiger partial charge in [0, 0.05) is 18.8 Å². The van der Waals surface area contributed by atoms with E-state index in [2.05, 4.69) is 27.7 Å². The van der Waals surface area contributed by atoms with E-state index in [9.17, 15) is 0 Å². The van der Waals surface area contributed by atoms with E-state index in [4.69, 9.17) is 16.6 Å². The Kier molecular flexibility index (Phi) is 7.93. The van der Waals surface area contributed by atoms with Gasteiger partial charge in [0.2, 0.25) is 0 Å². The van der Waals surface area contributed by atoms with Crippen molar-refractivity contribution < 1.29 is 4.42 Å². The molecule has 0 amide bonds. The van der Waals surface area contributed by atoms with Crippen LogP contribution in [0.3, 0.4) is 0 Å². The molecule has 1 heterocycles. The SMILES string of the molecule is CCNC(=S)NCCSCc1ccc(CN(C)C)o1. The Morgan fingerprint density at radius 1 is 1.32 bits per heavy atom. The average Bonchev–Trinajstić information content (AvgIpc) is 2.75. The summed E-state index contributed by atoms with van der Waals surface area (Å²) in [6, 6.07) is 4.11. The second kappa shape index (κ2) is 9.23. The molecule has 1 aromatic rings. The number of hydrogen-bond acceptors (Lipinski definition) is 4. The first-order valence-corrected chi connectivity index (χ1v) is 8.00. The van der Waals surface area contributed by atoms with Gasteiger partial charge in [-0.05, 0) is 45.4 Å². The molecule has 0 aliphatic rings. The first kappa shape index (κ1) is 16.3. The van der Waals surface area contributed by atoms with Crippen molar-refractivity contribution in [2.24, 2.45) is 0 Å². The van der Waals surface area contributed by atoms with Crippen LogP contribution in [0.2, 0.25) is 0 Å². The van der Waals surface area contributed by atoms with Gasteiger partial charge in [-0.3, -0.25) is 0 Å². The highest BCUT2D eigenvalue weighted by molar-refractivity contribution is 7.98. The minimum Gasteiger partial charge on any atom is -0.464 e. The number of rotatable bonds is 8. The second-order valence-corrected chi connectivity index (χ2v) is 5.96. The summed E-state index contributed by atoms with van der Waals surface area (Å²) in [7, 11) is 4.08. The van der Waals surface area contributed by atoms with Crippen molar-refractivity contribution in [1.29, 1.82) is 0 Å². The van der Waals surface area contributed by atoms with Crippen molar-refractivity contribution in [2.75, 3.05) is 32.9 Å². The van der Waals surface area contributed by atoms with Crippen LogP contribution in [0, 0.1) is 0 Å². The van der Waals surface area contributed by atoms with Gasteiger partial charge in [0.1, 0.15) is 11.5 Å². The molecule has 0 spiro atoms. The molecule has 0 unspecified atom stereocenters. The molecule has 0 bridgehead atoms. The van der Waals surface area contributed by atoms with Gasteiger partial charge < -0.3 is 20.0 Å². The van der Waals surface area contributed by atoms with Crippen molar-refractivity contribution >= 4 is 29.1 Å². The Balaban J connectivity index is 2.12. The maximum atomic E-state index is 5.74. The topological polar surface area (TPSA) is 40.4 Å². The highest BCUT2D eigenvalue weighted by Gasteiger charge is 2.03. The van der Waals surface area contributed by atoms with Gasteiger partial charge in [0.25, 0.3) is 0 Å². The Bertz CT molecular complexity index is 380. The maximum Gasteiger partial charge on any atom is 0.166 e. The average molecular weight is 301 g/mol. The highest BCUT2D eigenvalue weighted by Crippen LogP contribution is 2.15. The van der Waals surface area contributed by atoms with E-state index in [0.29, 0.717) is 0 Å². The summed E-state index contributed by atoms with van der Waals surface area (Å²) in [5.41, 5.74) is 0. The lowest BCUT2D eigenvalue weighted by Gasteiger charge is -2.08. The van der Waals surface area contributed by atoms with Gasteiger partial charge in [0.05, 0.1) is 12.3 Å². The smallest absolute Gasteiger partial charge is 0.166 e. The molecule has 19 heavy (non-hydrogen) atoms. The first-order chi connectivity index (χ1) is 9.11. The van der Waals surface area contributed by atoms with E-state index < -0.39 is 0 Å². The van der Waals surface area contributed by atoms with Crippen LogP contribution in [0.1, 0.15) is 18.4 Å². The summed E-state index contributed by atoms with van der Waals surface area (Å²) in [6.07, 6.45) is 0. The Hall–Kier alpha value is -0.720. The largest absolute Gasteiger partial charge is 0.464 e. The number of furan rings is 1. The summed E-state index contributed by atoms with van der Waals surface area (Å²) < 4.78 is 5.74. The normalized spacial score (nSPS) is 10.7. The third-order valence-electron chi connectivity index (χ3n) is 2.30. The summed E-state index contributed by atoms with van der Waals surface area (Å²) in [5, 5.41) is 6.96. The summed E-state index contributed by atoms with van der Waals surface area (Å²) in [5.74, 6) is 3.97. The zero-order valence-electron chi connectivity index (χ0n) is 11.9. The number of thioether (sulfide) groups is 1. The number of thiocarbonyl (C=S) groups is 1. The molecule has 6 heteroatoms. The van der Waals surface area contributed by atoms with Crippen LogP contribution < -0.4 is 10.6 Å². The summed E-state index contributed by atoms with van der Waals surface area (Å²) >= 11 is 6.93. The minimum atomic E-state index is 0.731. The number of nitrogens with zero attached hydrogens (tertiary/aromatic N) is 1. The molecule has 0 fully saturated rings. The molecule has 0 saturated heterocycles. The van der Waals surface area contributed by atoms with Crippen molar-refractivity contribution in [3.63, 3.8) is 0 Å². The third kappa shape index (κ3) is 7.44. The molecule has 0 aromatic carbocycles. The van der Waals surface area contributed by atoms with Crippen LogP contribution in [0.5, 0.6) is 0 Å². The fraction of sp³-hybridized carbons (Fsp3) is 0.615. The molecule has 2 N–H and O–H groups in total. The van der Waals surface area contributed by atoms with E-state index in [1.54, 1.807) is 0 Å². The van der Waals surface area contributed by atoms with E-state index in [1.807, 2.05) is 32.8 Å². The Morgan fingerprint density at radius 2 is 2.05 bits per heavy atom. The molecule has 0 saturated carbocycles. The lowest BCUT2D eigenvalue weighted by molar-refractivity contribution is 0.344. The maximum absolute atomic E-state index is 5.74. The van der Waals surface area contributed by atoms with E-state index in [-0.39, 0.29) is 0 Å². The molecule has 108 valence electrons. The molecule has 4 nitrogen and oxygen atoms in total. The van der Waals surface area contributed by atoms with Gasteiger partial charge in [-0.15, -0.1) is 0 Å². The zero-order valence-corrected chi connectivity index (χ0v) is 13.5. The Labute approximate surface area is 125 Å². The van der Waals surface area contributed by atoms with Crippen LogP contribution in [0.25, 0.3) is 0 Å². The molecule has 0 aliphatic carbocycles. The number of nitrogens with one attached hydrogen (secondary N) is 2. The van der Waals surface area contributed by atoms with Gasteiger partial charge in [-0.2, -0.15) is 11.8 Å². The van der Waals surface area contributed by atoms with Crippen LogP contribution in [-0.4, -0.2) is 43.0 Å². The lowest BCUT2D eigenvalue weighted by atomic mass is 10.4. The summed E-state index contributed by atoms with van der Waals surface area (Å²) in [4.78, 5) is 2.10. The van der Waals surface area contributed by atoms with Crippen molar-refractivity contribution in [3.05, 3.63) is 23.7 Å². The molecule has 0 radical (unpaired) electrons. The lowest BCUT2D eigenvalue weighted by Crippen LogP contribution is -2.36. The fourth-order valence-electron chi connectivity index (χ4n) is 1.53. The molecule has 0 atom stereocenters. The van der Waals surface area contributed by atoms with Crippen molar-refractivity contribution in [2.45, 2.75) is 19.2 Å². The second-order valence-electron chi connectivity index (χ2n) is 4.44. The third-order valence-corrected chi connectivity index (χ3v) is 3.57. The van der Waals surface area contributed by atoms with Gasteiger partial charge in [0.15, 0.2) is 5.11 Å². The first-order valence-electron chi connectivity index (χ1n) is 6.43. The van der Waals surface area contributed by atoms with E-state index in [0.717, 1.165) is 47.8 Å². The van der Waals surface area contributed by atoms with Gasteiger partial charge in [-0.1, -0.05) is 0 Å². The quantitative estimate of drug-likeness (QED) is 0.566. The highest BCUT2D eigenvalue weighted by atomic mass is 32.2. The van der Waals surface area contributed by atoms with E-state index in [1.165, 1.54) is 0 Å². The fourth-order valence-corrected chi connectivity index (χ4v) is 2.52. The molecule has 1 rings (SSSR count). The number of hydrogen-bond donors (Lipinski definition) is 2.